The zero-order chi connectivity index (χ0) is 9.07. The predicted octanol–water partition coefficient (Wildman–Crippen LogP) is 3.97. The minimum atomic E-state index is -0.695. The van der Waals surface area contributed by atoms with Gasteiger partial charge in [0.05, 0.1) is 0 Å². The largest absolute Gasteiger partial charge is 0.308 e. The summed E-state index contributed by atoms with van der Waals surface area (Å²) in [7, 11) is -0.695. The molecule has 1 unspecified atom stereocenters. The molecule has 0 heterocycles. The van der Waals surface area contributed by atoms with Crippen molar-refractivity contribution in [1.29, 1.82) is 5.41 Å². The maximum atomic E-state index is 7.11. The molecule has 1 nitrogen and oxygen atoms in total. The average Bonchev–Trinajstić information content (AvgIpc) is 1.88. The van der Waals surface area contributed by atoms with Gasteiger partial charge in [-0.05, 0) is 12.1 Å². The van der Waals surface area contributed by atoms with Crippen LogP contribution < -0.4 is 0 Å². The lowest BCUT2D eigenvalue weighted by Gasteiger charge is -2.25. The molecule has 0 saturated carbocycles. The highest BCUT2D eigenvalue weighted by Gasteiger charge is 2.24. The molecule has 0 aromatic heterocycles. The average molecular weight is 192 g/mol. The molecule has 0 aromatic rings. The Morgan fingerprint density at radius 2 is 1.91 bits per heavy atom. The number of halogens is 1. The molecule has 0 spiro atoms. The molecular weight excluding hydrogens is 177 g/mol. The van der Waals surface area contributed by atoms with Gasteiger partial charge in [0.1, 0.15) is 0 Å². The number of allylic oxidation sites excluding steroid dienone is 2. The van der Waals surface area contributed by atoms with E-state index in [1.54, 1.807) is 0 Å². The fourth-order valence-corrected chi connectivity index (χ4v) is 2.19. The van der Waals surface area contributed by atoms with Crippen LogP contribution in [0.2, 0.25) is 0 Å². The molecule has 0 amide bonds. The van der Waals surface area contributed by atoms with Gasteiger partial charge in [0, 0.05) is 18.8 Å². The van der Waals surface area contributed by atoms with Crippen LogP contribution >= 0.6 is 18.5 Å². The summed E-state index contributed by atoms with van der Waals surface area (Å²) in [5, 5.41) is 8.16. The van der Waals surface area contributed by atoms with Crippen LogP contribution in [-0.2, 0) is 0 Å². The van der Waals surface area contributed by atoms with E-state index >= 15 is 0 Å². The lowest BCUT2D eigenvalue weighted by atomic mass is 10.3. The van der Waals surface area contributed by atoms with Crippen molar-refractivity contribution in [2.45, 2.75) is 32.9 Å². The minimum Gasteiger partial charge on any atom is -0.308 e. The summed E-state index contributed by atoms with van der Waals surface area (Å²) in [4.78, 5) is 0. The maximum Gasteiger partial charge on any atom is 0.0279 e. The van der Waals surface area contributed by atoms with Crippen molar-refractivity contribution in [1.82, 2.24) is 0 Å². The second kappa shape index (κ2) is 4.23. The van der Waals surface area contributed by atoms with Crippen LogP contribution in [0.1, 0.15) is 27.7 Å². The molecule has 0 aliphatic rings. The topological polar surface area (TPSA) is 23.9 Å². The van der Waals surface area contributed by atoms with Crippen LogP contribution in [0.3, 0.4) is 0 Å². The normalized spacial score (nSPS) is 16.3. The van der Waals surface area contributed by atoms with Crippen LogP contribution in [0.5, 0.6) is 0 Å². The van der Waals surface area contributed by atoms with Crippen molar-refractivity contribution in [2.24, 2.45) is 0 Å². The monoisotopic (exact) mass is 191 g/mol. The van der Waals surface area contributed by atoms with Gasteiger partial charge in [-0.1, -0.05) is 38.1 Å². The molecule has 0 aliphatic heterocycles. The first-order valence-corrected chi connectivity index (χ1v) is 5.81. The summed E-state index contributed by atoms with van der Waals surface area (Å²) in [6, 6.07) is 0. The fourth-order valence-electron chi connectivity index (χ4n) is 0.641. The summed E-state index contributed by atoms with van der Waals surface area (Å²) in [5.74, 6) is 0. The highest BCUT2D eigenvalue weighted by atomic mass is 35.7. The Balaban J connectivity index is 4.47. The third kappa shape index (κ3) is 3.35. The third-order valence-electron chi connectivity index (χ3n) is 1.26. The molecule has 0 rings (SSSR count). The summed E-state index contributed by atoms with van der Waals surface area (Å²) < 4.78 is 0. The lowest BCUT2D eigenvalue weighted by Crippen LogP contribution is -2.09. The maximum absolute atomic E-state index is 7.11. The Hall–Kier alpha value is 0.130. The van der Waals surface area contributed by atoms with Crippen molar-refractivity contribution in [2.75, 3.05) is 0 Å². The highest BCUT2D eigenvalue weighted by molar-refractivity contribution is 7.89. The van der Waals surface area contributed by atoms with Gasteiger partial charge in [-0.2, -0.15) is 0 Å². The summed E-state index contributed by atoms with van der Waals surface area (Å²) in [6.45, 7) is 8.21. The van der Waals surface area contributed by atoms with E-state index in [0.29, 0.717) is 0 Å². The molecule has 0 radical (unpaired) electrons. The van der Waals surface area contributed by atoms with Crippen LogP contribution in [0.25, 0.3) is 0 Å². The van der Waals surface area contributed by atoms with E-state index in [-0.39, 0.29) is 5.16 Å². The van der Waals surface area contributed by atoms with E-state index in [1.165, 1.54) is 6.21 Å². The zero-order valence-electron chi connectivity index (χ0n) is 7.48. The number of rotatable bonds is 2. The zero-order valence-corrected chi connectivity index (χ0v) is 9.13. The Kier molecular flexibility index (Phi) is 4.28. The molecule has 1 N–H and O–H groups in total. The van der Waals surface area contributed by atoms with E-state index in [0.717, 1.165) is 5.31 Å². The summed E-state index contributed by atoms with van der Waals surface area (Å²) in [6.07, 6.45) is 3.26. The Morgan fingerprint density at radius 1 is 1.45 bits per heavy atom. The number of hydrogen-bond acceptors (Lipinski definition) is 1. The number of nitrogens with one attached hydrogen (secondary N) is 1. The Bertz CT molecular complexity index is 169. The lowest BCUT2D eigenvalue weighted by molar-refractivity contribution is 0.795. The fraction of sp³-hybridized carbons (Fsp3) is 0.625. The smallest absolute Gasteiger partial charge is 0.0279 e. The van der Waals surface area contributed by atoms with Crippen LogP contribution in [0.15, 0.2) is 11.4 Å². The first-order chi connectivity index (χ1) is 4.93. The van der Waals surface area contributed by atoms with E-state index in [4.69, 9.17) is 16.7 Å². The molecule has 0 saturated heterocycles. The summed E-state index contributed by atoms with van der Waals surface area (Å²) in [5.41, 5.74) is 0. The van der Waals surface area contributed by atoms with Gasteiger partial charge >= 0.3 is 0 Å². The molecular formula is C8H15ClNP. The van der Waals surface area contributed by atoms with Crippen molar-refractivity contribution in [3.8, 4) is 0 Å². The van der Waals surface area contributed by atoms with Gasteiger partial charge in [0.15, 0.2) is 0 Å². The van der Waals surface area contributed by atoms with E-state index in [1.807, 2.05) is 13.0 Å². The first-order valence-electron chi connectivity index (χ1n) is 3.56. The van der Waals surface area contributed by atoms with Gasteiger partial charge in [0.2, 0.25) is 0 Å². The molecule has 0 aliphatic carbocycles. The third-order valence-corrected chi connectivity index (χ3v) is 5.38. The second-order valence-electron chi connectivity index (χ2n) is 3.31. The quantitative estimate of drug-likeness (QED) is 0.505. The van der Waals surface area contributed by atoms with Crippen molar-refractivity contribution >= 4 is 24.7 Å². The van der Waals surface area contributed by atoms with Crippen molar-refractivity contribution in [3.05, 3.63) is 11.4 Å². The van der Waals surface area contributed by atoms with E-state index in [9.17, 15) is 0 Å². The standard InChI is InChI=1S/C8H15ClNP/c1-5-7(6-10)11(9)8(2,3)4/h5-6,10H,1-4H3/b7-5+,10-6?. The predicted molar refractivity (Wildman–Crippen MR) is 55.1 cm³/mol. The van der Waals surface area contributed by atoms with Gasteiger partial charge < -0.3 is 5.41 Å². The molecule has 11 heavy (non-hydrogen) atoms. The summed E-state index contributed by atoms with van der Waals surface area (Å²) >= 11 is 6.17. The molecule has 0 fully saturated rings. The molecule has 0 bridgehead atoms. The van der Waals surface area contributed by atoms with Gasteiger partial charge in [-0.25, -0.2) is 0 Å². The molecule has 64 valence electrons. The molecule has 3 heteroatoms. The van der Waals surface area contributed by atoms with Crippen LogP contribution in [0, 0.1) is 5.41 Å². The first kappa shape index (κ1) is 11.1. The SMILES string of the molecule is C/C=C(\C=N)P(Cl)C(C)(C)C. The van der Waals surface area contributed by atoms with Crippen molar-refractivity contribution < 1.29 is 0 Å². The van der Waals surface area contributed by atoms with E-state index in [2.05, 4.69) is 20.8 Å². The number of hydrogen-bond donors (Lipinski definition) is 1. The second-order valence-corrected chi connectivity index (χ2v) is 6.74. The van der Waals surface area contributed by atoms with Crippen molar-refractivity contribution in [3.63, 3.8) is 0 Å². The molecule has 0 aromatic carbocycles. The van der Waals surface area contributed by atoms with Crippen LogP contribution in [-0.4, -0.2) is 11.4 Å². The highest BCUT2D eigenvalue weighted by Crippen LogP contribution is 2.59. The molecule has 1 atom stereocenters. The van der Waals surface area contributed by atoms with Gasteiger partial charge in [-0.3, -0.25) is 0 Å². The Labute approximate surface area is 74.9 Å². The minimum absolute atomic E-state index is 0.0935. The Morgan fingerprint density at radius 3 is 2.00 bits per heavy atom. The van der Waals surface area contributed by atoms with Crippen LogP contribution in [0.4, 0.5) is 0 Å². The van der Waals surface area contributed by atoms with Gasteiger partial charge in [0.25, 0.3) is 0 Å². The van der Waals surface area contributed by atoms with Gasteiger partial charge in [-0.15, -0.1) is 0 Å². The van der Waals surface area contributed by atoms with E-state index < -0.39 is 7.27 Å².